The Kier molecular flexibility index (Phi) is 10.5. The topological polar surface area (TPSA) is 44.8 Å². The van der Waals surface area contributed by atoms with Gasteiger partial charge in [-0.2, -0.15) is 0 Å². The number of fused-ring (bicyclic) bond motifs is 2. The van der Waals surface area contributed by atoms with E-state index in [2.05, 4.69) is 38.2 Å². The zero-order valence-corrected chi connectivity index (χ0v) is 18.2. The van der Waals surface area contributed by atoms with Crippen LogP contribution in [0, 0.1) is 5.92 Å². The molecule has 2 bridgehead atoms. The van der Waals surface area contributed by atoms with E-state index in [0.29, 0.717) is 19.4 Å². The number of ether oxygens (including phenoxy) is 3. The molecule has 0 radical (unpaired) electrons. The number of unbranched alkanes of at least 4 members (excludes halogenated alkanes) is 5. The first-order chi connectivity index (χ1) is 13.6. The molecule has 0 aliphatic carbocycles. The molecule has 0 aromatic heterocycles. The van der Waals surface area contributed by atoms with Crippen LogP contribution >= 0.6 is 0 Å². The number of carbonyl (C=O) groups excluding carboxylic acids is 1. The van der Waals surface area contributed by atoms with E-state index in [1.165, 1.54) is 19.3 Å². The van der Waals surface area contributed by atoms with Gasteiger partial charge in [0.25, 0.3) is 0 Å². The van der Waals surface area contributed by atoms with Gasteiger partial charge in [-0.15, -0.1) is 0 Å². The van der Waals surface area contributed by atoms with Crippen LogP contribution in [0.3, 0.4) is 0 Å². The Morgan fingerprint density at radius 1 is 1.04 bits per heavy atom. The molecule has 28 heavy (non-hydrogen) atoms. The molecule has 0 N–H and O–H groups in total. The summed E-state index contributed by atoms with van der Waals surface area (Å²) in [5, 5.41) is 0. The van der Waals surface area contributed by atoms with Gasteiger partial charge in [-0.1, -0.05) is 31.2 Å². The molecular weight excluding hydrogens is 352 g/mol. The lowest BCUT2D eigenvalue weighted by Gasteiger charge is -2.39. The van der Waals surface area contributed by atoms with Gasteiger partial charge in [-0.3, -0.25) is 4.79 Å². The number of Topliss-reactive ketones (excluding diaryl/α,β-unsaturated/α-hetero) is 1. The van der Waals surface area contributed by atoms with Crippen molar-refractivity contribution in [3.63, 3.8) is 0 Å². The normalized spacial score (nSPS) is 29.9. The first kappa shape index (κ1) is 23.3. The number of hydrogen-bond acceptors (Lipinski definition) is 4. The lowest BCUT2D eigenvalue weighted by Crippen LogP contribution is -2.48. The molecule has 4 atom stereocenters. The van der Waals surface area contributed by atoms with Crippen LogP contribution in [-0.4, -0.2) is 37.5 Å². The largest absolute Gasteiger partial charge is 0.384 e. The molecule has 4 nitrogen and oxygen atoms in total. The average molecular weight is 393 g/mol. The summed E-state index contributed by atoms with van der Waals surface area (Å²) in [4.78, 5) is 12.7. The SMILES string of the molecule is C/C=C/CCCC/C=C/CCCCC(=O)C1CC2CC(COC)C(CC)(O2)O1. The smallest absolute Gasteiger partial charge is 0.174 e. The maximum absolute atomic E-state index is 12.7. The quantitative estimate of drug-likeness (QED) is 0.279. The van der Waals surface area contributed by atoms with Gasteiger partial charge in [0.2, 0.25) is 0 Å². The van der Waals surface area contributed by atoms with Crippen molar-refractivity contribution in [1.82, 2.24) is 0 Å². The fraction of sp³-hybridized carbons (Fsp3) is 0.792. The highest BCUT2D eigenvalue weighted by atomic mass is 16.7. The highest BCUT2D eigenvalue weighted by Gasteiger charge is 2.54. The summed E-state index contributed by atoms with van der Waals surface area (Å²) >= 11 is 0. The first-order valence-corrected chi connectivity index (χ1v) is 11.3. The van der Waals surface area contributed by atoms with Crippen molar-refractivity contribution < 1.29 is 19.0 Å². The van der Waals surface area contributed by atoms with Crippen molar-refractivity contribution in [2.24, 2.45) is 5.92 Å². The number of allylic oxidation sites excluding steroid dienone is 4. The van der Waals surface area contributed by atoms with Gasteiger partial charge in [0.15, 0.2) is 11.6 Å². The number of methoxy groups -OCH3 is 1. The summed E-state index contributed by atoms with van der Waals surface area (Å²) < 4.78 is 17.7. The van der Waals surface area contributed by atoms with Crippen LogP contribution in [0.4, 0.5) is 0 Å². The number of hydrogen-bond donors (Lipinski definition) is 0. The lowest BCUT2D eigenvalue weighted by atomic mass is 9.95. The molecule has 2 saturated heterocycles. The monoisotopic (exact) mass is 392 g/mol. The molecule has 0 saturated carbocycles. The summed E-state index contributed by atoms with van der Waals surface area (Å²) in [6, 6.07) is 0. The zero-order chi connectivity index (χ0) is 20.2. The van der Waals surface area contributed by atoms with E-state index in [1.807, 2.05) is 0 Å². The molecule has 0 spiro atoms. The molecule has 4 unspecified atom stereocenters. The summed E-state index contributed by atoms with van der Waals surface area (Å²) in [5.74, 6) is -0.139. The van der Waals surface area contributed by atoms with Crippen molar-refractivity contribution in [1.29, 1.82) is 0 Å². The number of ketones is 1. The summed E-state index contributed by atoms with van der Waals surface area (Å²) in [5.41, 5.74) is 0. The molecule has 2 aliphatic heterocycles. The first-order valence-electron chi connectivity index (χ1n) is 11.3. The maximum atomic E-state index is 12.7. The predicted molar refractivity (Wildman–Crippen MR) is 113 cm³/mol. The number of carbonyl (C=O) groups is 1. The van der Waals surface area contributed by atoms with Crippen LogP contribution in [0.5, 0.6) is 0 Å². The summed E-state index contributed by atoms with van der Waals surface area (Å²) in [6.07, 6.45) is 19.7. The third-order valence-electron chi connectivity index (χ3n) is 6.01. The van der Waals surface area contributed by atoms with Crippen molar-refractivity contribution in [3.8, 4) is 0 Å². The van der Waals surface area contributed by atoms with Gasteiger partial charge in [0.05, 0.1) is 12.7 Å². The van der Waals surface area contributed by atoms with Crippen LogP contribution in [0.2, 0.25) is 0 Å². The minimum Gasteiger partial charge on any atom is -0.384 e. The van der Waals surface area contributed by atoms with Crippen LogP contribution in [0.1, 0.15) is 84.5 Å². The van der Waals surface area contributed by atoms with Gasteiger partial charge < -0.3 is 14.2 Å². The highest BCUT2D eigenvalue weighted by Crippen LogP contribution is 2.46. The molecule has 160 valence electrons. The lowest BCUT2D eigenvalue weighted by molar-refractivity contribution is -0.298. The van der Waals surface area contributed by atoms with Crippen LogP contribution in [0.25, 0.3) is 0 Å². The Balaban J connectivity index is 1.62. The van der Waals surface area contributed by atoms with E-state index in [9.17, 15) is 4.79 Å². The predicted octanol–water partition coefficient (Wildman–Crippen LogP) is 5.76. The molecular formula is C24H40O4. The molecule has 2 heterocycles. The van der Waals surface area contributed by atoms with Crippen molar-refractivity contribution in [3.05, 3.63) is 24.3 Å². The second-order valence-electron chi connectivity index (χ2n) is 8.17. The van der Waals surface area contributed by atoms with E-state index in [0.717, 1.165) is 38.5 Å². The Morgan fingerprint density at radius 2 is 1.71 bits per heavy atom. The van der Waals surface area contributed by atoms with E-state index < -0.39 is 5.79 Å². The van der Waals surface area contributed by atoms with Gasteiger partial charge in [0.1, 0.15) is 6.10 Å². The second-order valence-corrected chi connectivity index (χ2v) is 8.17. The Bertz CT molecular complexity index is 513. The van der Waals surface area contributed by atoms with Gasteiger partial charge in [0, 0.05) is 25.9 Å². The molecule has 2 rings (SSSR count). The third-order valence-corrected chi connectivity index (χ3v) is 6.01. The van der Waals surface area contributed by atoms with Gasteiger partial charge in [-0.25, -0.2) is 0 Å². The number of rotatable bonds is 14. The fourth-order valence-electron chi connectivity index (χ4n) is 4.42. The fourth-order valence-corrected chi connectivity index (χ4v) is 4.42. The minimum atomic E-state index is -0.616. The van der Waals surface area contributed by atoms with E-state index >= 15 is 0 Å². The summed E-state index contributed by atoms with van der Waals surface area (Å²) in [6.45, 7) is 4.78. The standard InChI is InChI=1S/C24H40O4/c1-4-6-7-8-9-10-11-12-13-14-15-16-22(25)23-18-21-17-20(19-26-3)24(5-2,27-21)28-23/h4,6,11-12,20-21,23H,5,7-10,13-19H2,1-3H3/b6-4+,12-11+. The van der Waals surface area contributed by atoms with Crippen LogP contribution in [0.15, 0.2) is 24.3 Å². The van der Waals surface area contributed by atoms with Gasteiger partial charge in [-0.05, 0) is 64.7 Å². The minimum absolute atomic E-state index is 0.138. The average Bonchev–Trinajstić information content (AvgIpc) is 2.95. The maximum Gasteiger partial charge on any atom is 0.174 e. The van der Waals surface area contributed by atoms with E-state index in [-0.39, 0.29) is 23.9 Å². The van der Waals surface area contributed by atoms with Crippen molar-refractivity contribution in [2.45, 2.75) is 102 Å². The molecule has 4 heteroatoms. The zero-order valence-electron chi connectivity index (χ0n) is 18.2. The van der Waals surface area contributed by atoms with Gasteiger partial charge >= 0.3 is 0 Å². The van der Waals surface area contributed by atoms with E-state index in [1.54, 1.807) is 7.11 Å². The van der Waals surface area contributed by atoms with Crippen LogP contribution in [-0.2, 0) is 19.0 Å². The Labute approximate surface area is 171 Å². The molecule has 0 amide bonds. The highest BCUT2D eigenvalue weighted by molar-refractivity contribution is 5.83. The molecule has 2 fully saturated rings. The molecule has 0 aromatic carbocycles. The molecule has 2 aliphatic rings. The van der Waals surface area contributed by atoms with Crippen LogP contribution < -0.4 is 0 Å². The summed E-state index contributed by atoms with van der Waals surface area (Å²) in [7, 11) is 1.71. The second kappa shape index (κ2) is 12.6. The van der Waals surface area contributed by atoms with E-state index in [4.69, 9.17) is 14.2 Å². The Hall–Kier alpha value is -0.970. The van der Waals surface area contributed by atoms with Crippen molar-refractivity contribution in [2.75, 3.05) is 13.7 Å². The van der Waals surface area contributed by atoms with Crippen molar-refractivity contribution >= 4 is 5.78 Å². The Morgan fingerprint density at radius 3 is 2.36 bits per heavy atom. The molecule has 0 aromatic rings. The third kappa shape index (κ3) is 6.82.